The fourth-order valence-corrected chi connectivity index (χ4v) is 6.43. The minimum atomic E-state index is -0.487. The SMILES string of the molecule is CCC1=C(P(c2ccccc2)c2ccccc2)CC=C1c1ccccc1. The second kappa shape index (κ2) is 7.85. The van der Waals surface area contributed by atoms with Gasteiger partial charge in [-0.1, -0.05) is 104 Å². The van der Waals surface area contributed by atoms with Crippen LogP contribution in [-0.4, -0.2) is 0 Å². The maximum absolute atomic E-state index is 2.44. The smallest absolute Gasteiger partial charge is 0.00744 e. The first-order chi connectivity index (χ1) is 12.9. The highest BCUT2D eigenvalue weighted by atomic mass is 31.1. The minimum Gasteiger partial charge on any atom is -0.0719 e. The second-order valence-electron chi connectivity index (χ2n) is 6.47. The van der Waals surface area contributed by atoms with Gasteiger partial charge in [0.2, 0.25) is 0 Å². The van der Waals surface area contributed by atoms with Crippen LogP contribution in [0.4, 0.5) is 0 Å². The van der Waals surface area contributed by atoms with Crippen LogP contribution in [0, 0.1) is 0 Å². The Hall–Kier alpha value is -2.43. The molecule has 1 heteroatoms. The molecule has 0 N–H and O–H groups in total. The van der Waals surface area contributed by atoms with Gasteiger partial charge in [0.25, 0.3) is 0 Å². The Morgan fingerprint density at radius 2 is 1.19 bits per heavy atom. The van der Waals surface area contributed by atoms with E-state index in [1.54, 1.807) is 5.31 Å². The molecule has 0 aliphatic heterocycles. The van der Waals surface area contributed by atoms with Crippen LogP contribution in [0.25, 0.3) is 5.57 Å². The molecule has 0 radical (unpaired) electrons. The van der Waals surface area contributed by atoms with Crippen molar-refractivity contribution in [1.29, 1.82) is 0 Å². The molecule has 3 aromatic rings. The average Bonchev–Trinajstić information content (AvgIpc) is 3.14. The van der Waals surface area contributed by atoms with Gasteiger partial charge in [0, 0.05) is 0 Å². The maximum Gasteiger partial charge on any atom is -0.00744 e. The highest BCUT2D eigenvalue weighted by molar-refractivity contribution is 7.76. The zero-order valence-corrected chi connectivity index (χ0v) is 16.0. The van der Waals surface area contributed by atoms with Crippen molar-refractivity contribution in [3.05, 3.63) is 114 Å². The topological polar surface area (TPSA) is 0 Å². The van der Waals surface area contributed by atoms with Crippen LogP contribution < -0.4 is 10.6 Å². The van der Waals surface area contributed by atoms with Crippen molar-refractivity contribution in [1.82, 2.24) is 0 Å². The van der Waals surface area contributed by atoms with Crippen LogP contribution >= 0.6 is 7.92 Å². The summed E-state index contributed by atoms with van der Waals surface area (Å²) >= 11 is 0. The third-order valence-corrected chi connectivity index (χ3v) is 7.53. The number of allylic oxidation sites excluding steroid dienone is 4. The van der Waals surface area contributed by atoms with Crippen LogP contribution in [-0.2, 0) is 0 Å². The Balaban J connectivity index is 1.84. The summed E-state index contributed by atoms with van der Waals surface area (Å²) in [4.78, 5) is 0. The quantitative estimate of drug-likeness (QED) is 0.474. The predicted molar refractivity (Wildman–Crippen MR) is 115 cm³/mol. The molecule has 26 heavy (non-hydrogen) atoms. The molecule has 0 amide bonds. The first-order valence-electron chi connectivity index (χ1n) is 9.26. The Labute approximate surface area is 157 Å². The maximum atomic E-state index is 2.44. The fourth-order valence-electron chi connectivity index (χ4n) is 3.75. The first kappa shape index (κ1) is 17.0. The highest BCUT2D eigenvalue weighted by Crippen LogP contribution is 2.52. The Bertz CT molecular complexity index is 882. The summed E-state index contributed by atoms with van der Waals surface area (Å²) in [5.74, 6) is 0. The van der Waals surface area contributed by atoms with Crippen molar-refractivity contribution in [3.8, 4) is 0 Å². The summed E-state index contributed by atoms with van der Waals surface area (Å²) in [5, 5.41) is 4.49. The Morgan fingerprint density at radius 3 is 1.69 bits per heavy atom. The van der Waals surface area contributed by atoms with Gasteiger partial charge in [0.15, 0.2) is 0 Å². The molecule has 0 fully saturated rings. The van der Waals surface area contributed by atoms with E-state index in [2.05, 4.69) is 104 Å². The standard InChI is InChI=1S/C25H23P/c1-2-23-24(20-12-6-3-7-13-20)18-19-25(23)26(21-14-8-4-9-15-21)22-16-10-5-11-17-22/h3-18H,2,19H2,1H3. The first-order valence-corrected chi connectivity index (χ1v) is 10.6. The van der Waals surface area contributed by atoms with Crippen molar-refractivity contribution in [2.24, 2.45) is 0 Å². The Kier molecular flexibility index (Phi) is 5.14. The molecule has 3 aromatic carbocycles. The van der Waals surface area contributed by atoms with E-state index in [-0.39, 0.29) is 0 Å². The van der Waals surface area contributed by atoms with Crippen molar-refractivity contribution < 1.29 is 0 Å². The van der Waals surface area contributed by atoms with Crippen LogP contribution in [0.1, 0.15) is 25.3 Å². The number of hydrogen-bond acceptors (Lipinski definition) is 0. The molecule has 128 valence electrons. The predicted octanol–water partition coefficient (Wildman–Crippen LogP) is 6.27. The lowest BCUT2D eigenvalue weighted by molar-refractivity contribution is 1.15. The van der Waals surface area contributed by atoms with Crippen LogP contribution in [0.3, 0.4) is 0 Å². The lowest BCUT2D eigenvalue weighted by Crippen LogP contribution is -2.13. The van der Waals surface area contributed by atoms with Crippen LogP contribution in [0.2, 0.25) is 0 Å². The summed E-state index contributed by atoms with van der Waals surface area (Å²) in [6.45, 7) is 2.29. The number of benzene rings is 3. The van der Waals surface area contributed by atoms with E-state index in [1.165, 1.54) is 27.3 Å². The third kappa shape index (κ3) is 3.30. The molecule has 0 unspecified atom stereocenters. The monoisotopic (exact) mass is 354 g/mol. The van der Waals surface area contributed by atoms with E-state index in [0.29, 0.717) is 0 Å². The summed E-state index contributed by atoms with van der Waals surface area (Å²) in [5.41, 5.74) is 4.31. The molecular weight excluding hydrogens is 331 g/mol. The lowest BCUT2D eigenvalue weighted by Gasteiger charge is -2.22. The van der Waals surface area contributed by atoms with Crippen molar-refractivity contribution >= 4 is 24.1 Å². The third-order valence-electron chi connectivity index (χ3n) is 4.91. The van der Waals surface area contributed by atoms with Gasteiger partial charge in [0.1, 0.15) is 0 Å². The van der Waals surface area contributed by atoms with Crippen LogP contribution in [0.15, 0.2) is 108 Å². The number of rotatable bonds is 5. The average molecular weight is 354 g/mol. The zero-order valence-electron chi connectivity index (χ0n) is 15.1. The van der Waals surface area contributed by atoms with Gasteiger partial charge < -0.3 is 0 Å². The fraction of sp³-hybridized carbons (Fsp3) is 0.120. The van der Waals surface area contributed by atoms with E-state index >= 15 is 0 Å². The molecule has 0 nitrogen and oxygen atoms in total. The zero-order chi connectivity index (χ0) is 17.8. The van der Waals surface area contributed by atoms with Gasteiger partial charge in [-0.05, 0) is 53.4 Å². The molecule has 1 aliphatic carbocycles. The van der Waals surface area contributed by atoms with Crippen LogP contribution in [0.5, 0.6) is 0 Å². The highest BCUT2D eigenvalue weighted by Gasteiger charge is 2.26. The molecule has 0 saturated carbocycles. The summed E-state index contributed by atoms with van der Waals surface area (Å²) < 4.78 is 0. The molecule has 1 aliphatic rings. The van der Waals surface area contributed by atoms with Crippen molar-refractivity contribution in [2.45, 2.75) is 19.8 Å². The second-order valence-corrected chi connectivity index (χ2v) is 8.72. The Morgan fingerprint density at radius 1 is 0.692 bits per heavy atom. The largest absolute Gasteiger partial charge is 0.0719 e. The lowest BCUT2D eigenvalue weighted by atomic mass is 9.99. The van der Waals surface area contributed by atoms with Gasteiger partial charge in [-0.15, -0.1) is 0 Å². The van der Waals surface area contributed by atoms with E-state index in [9.17, 15) is 0 Å². The number of hydrogen-bond donors (Lipinski definition) is 0. The molecule has 0 bridgehead atoms. The molecule has 0 aromatic heterocycles. The van der Waals surface area contributed by atoms with Gasteiger partial charge in [-0.2, -0.15) is 0 Å². The molecule has 0 atom stereocenters. The summed E-state index contributed by atoms with van der Waals surface area (Å²) in [6.07, 6.45) is 4.57. The van der Waals surface area contributed by atoms with E-state index in [0.717, 1.165) is 12.8 Å². The van der Waals surface area contributed by atoms with E-state index < -0.39 is 7.92 Å². The molecule has 0 heterocycles. The van der Waals surface area contributed by atoms with Crippen molar-refractivity contribution in [2.75, 3.05) is 0 Å². The van der Waals surface area contributed by atoms with E-state index in [1.807, 2.05) is 0 Å². The molecule has 4 rings (SSSR count). The van der Waals surface area contributed by atoms with Gasteiger partial charge >= 0.3 is 0 Å². The summed E-state index contributed by atoms with van der Waals surface area (Å²) in [6, 6.07) is 32.9. The van der Waals surface area contributed by atoms with Gasteiger partial charge in [0.05, 0.1) is 0 Å². The normalized spacial score (nSPS) is 14.0. The van der Waals surface area contributed by atoms with Gasteiger partial charge in [-0.3, -0.25) is 0 Å². The summed E-state index contributed by atoms with van der Waals surface area (Å²) in [7, 11) is -0.487. The van der Waals surface area contributed by atoms with Crippen molar-refractivity contribution in [3.63, 3.8) is 0 Å². The molecule has 0 spiro atoms. The van der Waals surface area contributed by atoms with E-state index in [4.69, 9.17) is 0 Å². The minimum absolute atomic E-state index is 0.487. The molecular formula is C25H23P. The molecule has 0 saturated heterocycles. The van der Waals surface area contributed by atoms with Gasteiger partial charge in [-0.25, -0.2) is 0 Å².